The average molecular weight is 263 g/mol. The number of pyridine rings is 1. The molecule has 1 rings (SSSR count). The van der Waals surface area contributed by atoms with E-state index in [0.717, 1.165) is 0 Å². The number of aromatic carboxylic acids is 1. The van der Waals surface area contributed by atoms with Crippen molar-refractivity contribution in [2.24, 2.45) is 7.05 Å². The van der Waals surface area contributed by atoms with E-state index in [1.807, 2.05) is 0 Å². The number of hydrogen-bond donors (Lipinski definition) is 2. The van der Waals surface area contributed by atoms with Crippen LogP contribution in [-0.4, -0.2) is 15.6 Å². The first-order valence-electron chi connectivity index (χ1n) is 3.64. The molecule has 0 saturated heterocycles. The smallest absolute Gasteiger partial charge is 0.338 e. The largest absolute Gasteiger partial charge is 0.478 e. The summed E-state index contributed by atoms with van der Waals surface area (Å²) in [5, 5.41) is 8.68. The maximum Gasteiger partial charge on any atom is 0.338 e. The summed E-state index contributed by atoms with van der Waals surface area (Å²) in [6.07, 6.45) is 0. The van der Waals surface area contributed by atoms with Crippen molar-refractivity contribution in [1.82, 2.24) is 4.57 Å². The summed E-state index contributed by atoms with van der Waals surface area (Å²) in [6.45, 7) is 1.65. The zero-order valence-electron chi connectivity index (χ0n) is 9.07. The van der Waals surface area contributed by atoms with Crippen molar-refractivity contribution in [3.05, 3.63) is 35.1 Å². The second-order valence-electron chi connectivity index (χ2n) is 2.78. The minimum atomic E-state index is -1.18. The molecule has 0 amide bonds. The Morgan fingerprint density at radius 1 is 1.53 bits per heavy atom. The van der Waals surface area contributed by atoms with Gasteiger partial charge in [-0.2, -0.15) is 0 Å². The van der Waals surface area contributed by atoms with Crippen molar-refractivity contribution in [2.75, 3.05) is 5.73 Å². The number of anilines is 1. The first-order chi connectivity index (χ1) is 5.95. The van der Waals surface area contributed by atoms with Crippen molar-refractivity contribution in [3.8, 4) is 0 Å². The number of carbonyl (C=O) groups is 1. The van der Waals surface area contributed by atoms with E-state index >= 15 is 0 Å². The zero-order valence-corrected chi connectivity index (χ0v) is 12.0. The predicted octanol–water partition coefficient (Wildman–Crippen LogP) is 0.422. The van der Waals surface area contributed by atoms with E-state index in [1.165, 1.54) is 10.6 Å². The number of nitrogens with two attached hydrogens (primary N) is 1. The molecule has 80 valence electrons. The van der Waals surface area contributed by atoms with Crippen LogP contribution in [0.25, 0.3) is 0 Å². The number of aromatic nitrogens is 1. The van der Waals surface area contributed by atoms with E-state index in [2.05, 4.69) is 0 Å². The summed E-state index contributed by atoms with van der Waals surface area (Å²) >= 11 is 0. The van der Waals surface area contributed by atoms with Crippen LogP contribution in [0.3, 0.4) is 0 Å². The van der Waals surface area contributed by atoms with Gasteiger partial charge in [0.1, 0.15) is 5.69 Å². The summed E-state index contributed by atoms with van der Waals surface area (Å²) in [4.78, 5) is 21.9. The molecular weight excluding hydrogens is 250 g/mol. The number of carboxylic acid groups (broad SMARTS) is 1. The third-order valence-corrected chi connectivity index (χ3v) is 1.94. The van der Waals surface area contributed by atoms with Gasteiger partial charge in [-0.1, -0.05) is 0 Å². The first-order valence-corrected chi connectivity index (χ1v) is 3.64. The molecule has 0 aliphatic carbocycles. The van der Waals surface area contributed by atoms with E-state index in [-0.39, 0.29) is 38.2 Å². The summed E-state index contributed by atoms with van der Waals surface area (Å²) in [7, 11) is 1.54. The van der Waals surface area contributed by atoms with E-state index in [0.29, 0.717) is 5.69 Å². The number of rotatable bonds is 1. The van der Waals surface area contributed by atoms with E-state index < -0.39 is 11.5 Å². The molecule has 0 atom stereocenters. The summed E-state index contributed by atoms with van der Waals surface area (Å²) in [5.41, 5.74) is 5.07. The molecule has 1 heterocycles. The van der Waals surface area contributed by atoms with Gasteiger partial charge in [-0.3, -0.25) is 4.79 Å². The molecular formula is C9H13N2O3Zn-. The minimum absolute atomic E-state index is 0. The molecule has 3 N–H and O–H groups in total. The number of carboxylic acids is 1. The van der Waals surface area contributed by atoms with Crippen LogP contribution in [0, 0.1) is 14.4 Å². The maximum atomic E-state index is 11.3. The SMILES string of the molecule is Cc1cc(C(=O)O)c(N)c(=O)n1C.[CH3-].[Zn]. The second kappa shape index (κ2) is 5.66. The summed E-state index contributed by atoms with van der Waals surface area (Å²) in [6, 6.07) is 1.37. The molecule has 0 fully saturated rings. The number of aryl methyl sites for hydroxylation is 1. The normalized spacial score (nSPS) is 8.67. The van der Waals surface area contributed by atoms with E-state index in [1.54, 1.807) is 14.0 Å². The fraction of sp³-hybridized carbons (Fsp3) is 0.222. The van der Waals surface area contributed by atoms with Crippen LogP contribution in [0.5, 0.6) is 0 Å². The molecule has 0 aliphatic heterocycles. The number of hydrogen-bond acceptors (Lipinski definition) is 3. The molecule has 0 radical (unpaired) electrons. The van der Waals surface area contributed by atoms with Crippen molar-refractivity contribution < 1.29 is 29.4 Å². The van der Waals surface area contributed by atoms with Crippen LogP contribution in [0.2, 0.25) is 0 Å². The van der Waals surface area contributed by atoms with Crippen molar-refractivity contribution in [1.29, 1.82) is 0 Å². The number of nitrogens with zero attached hydrogens (tertiary/aromatic N) is 1. The van der Waals surface area contributed by atoms with Crippen LogP contribution in [0.4, 0.5) is 5.69 Å². The minimum Gasteiger partial charge on any atom is -0.478 e. The molecule has 5 nitrogen and oxygen atoms in total. The zero-order chi connectivity index (χ0) is 10.2. The van der Waals surface area contributed by atoms with Crippen molar-refractivity contribution in [3.63, 3.8) is 0 Å². The number of nitrogen functional groups attached to an aromatic ring is 1. The molecule has 15 heavy (non-hydrogen) atoms. The Bertz CT molecular complexity index is 426. The summed E-state index contributed by atoms with van der Waals surface area (Å²) in [5.74, 6) is -1.18. The monoisotopic (exact) mass is 261 g/mol. The topological polar surface area (TPSA) is 85.3 Å². The maximum absolute atomic E-state index is 11.3. The second-order valence-corrected chi connectivity index (χ2v) is 2.78. The Hall–Kier alpha value is -1.16. The molecule has 0 saturated carbocycles. The molecule has 1 aromatic rings. The molecule has 0 aromatic carbocycles. The van der Waals surface area contributed by atoms with Gasteiger partial charge in [0.25, 0.3) is 5.56 Å². The Labute approximate surface area is 101 Å². The van der Waals surface area contributed by atoms with Crippen LogP contribution in [-0.2, 0) is 26.5 Å². The predicted molar refractivity (Wildman–Crippen MR) is 54.2 cm³/mol. The third kappa shape index (κ3) is 2.89. The molecule has 6 heteroatoms. The fourth-order valence-corrected chi connectivity index (χ4v) is 1.02. The van der Waals surface area contributed by atoms with Crippen molar-refractivity contribution >= 4 is 11.7 Å². The van der Waals surface area contributed by atoms with Gasteiger partial charge >= 0.3 is 5.97 Å². The fourth-order valence-electron chi connectivity index (χ4n) is 1.02. The molecule has 0 unspecified atom stereocenters. The van der Waals surface area contributed by atoms with Gasteiger partial charge in [-0.15, -0.1) is 0 Å². The summed E-state index contributed by atoms with van der Waals surface area (Å²) < 4.78 is 1.31. The van der Waals surface area contributed by atoms with Crippen molar-refractivity contribution in [2.45, 2.75) is 6.92 Å². The Kier molecular flexibility index (Phi) is 6.14. The third-order valence-electron chi connectivity index (χ3n) is 1.94. The Morgan fingerprint density at radius 3 is 2.40 bits per heavy atom. The molecule has 1 aromatic heterocycles. The van der Waals surface area contributed by atoms with E-state index in [9.17, 15) is 9.59 Å². The van der Waals surface area contributed by atoms with Crippen LogP contribution >= 0.6 is 0 Å². The Morgan fingerprint density at radius 2 is 2.00 bits per heavy atom. The average Bonchev–Trinajstić information content (AvgIpc) is 2.07. The molecule has 0 spiro atoms. The molecule has 0 bridgehead atoms. The van der Waals surface area contributed by atoms with Crippen LogP contribution < -0.4 is 11.3 Å². The van der Waals surface area contributed by atoms with Gasteiger partial charge in [0.05, 0.1) is 5.56 Å². The van der Waals surface area contributed by atoms with Gasteiger partial charge in [-0.25, -0.2) is 4.79 Å². The van der Waals surface area contributed by atoms with Crippen LogP contribution in [0.1, 0.15) is 16.1 Å². The Balaban J connectivity index is 0. The van der Waals surface area contributed by atoms with Gasteiger partial charge in [0, 0.05) is 32.2 Å². The standard InChI is InChI=1S/C8H10N2O3.CH3.Zn/c1-4-3-5(8(12)13)6(9)7(11)10(4)2;;/h3H,9H2,1-2H3,(H,12,13);1H3;/q;-1;. The van der Waals surface area contributed by atoms with Gasteiger partial charge in [-0.05, 0) is 13.0 Å². The first kappa shape index (κ1) is 16.3. The van der Waals surface area contributed by atoms with Gasteiger partial charge in [0.15, 0.2) is 0 Å². The van der Waals surface area contributed by atoms with E-state index in [4.69, 9.17) is 10.8 Å². The van der Waals surface area contributed by atoms with Gasteiger partial charge < -0.3 is 22.8 Å². The van der Waals surface area contributed by atoms with Crippen LogP contribution in [0.15, 0.2) is 10.9 Å². The quantitative estimate of drug-likeness (QED) is 0.567. The van der Waals surface area contributed by atoms with Gasteiger partial charge in [0.2, 0.25) is 0 Å². The molecule has 0 aliphatic rings.